The zero-order chi connectivity index (χ0) is 15.5. The molecule has 0 unspecified atom stereocenters. The number of amides is 1. The number of carbonyl (C=O) groups excluding carboxylic acids is 1. The van der Waals surface area contributed by atoms with Crippen molar-refractivity contribution in [2.75, 3.05) is 17.3 Å². The van der Waals surface area contributed by atoms with Gasteiger partial charge in [-0.1, -0.05) is 6.07 Å². The summed E-state index contributed by atoms with van der Waals surface area (Å²) in [5.74, 6) is 0.502. The van der Waals surface area contributed by atoms with Crippen LogP contribution in [0.3, 0.4) is 0 Å². The van der Waals surface area contributed by atoms with E-state index < -0.39 is 0 Å². The van der Waals surface area contributed by atoms with Crippen LogP contribution < -0.4 is 10.2 Å². The molecule has 0 aliphatic carbocycles. The lowest BCUT2D eigenvalue weighted by atomic mass is 10.1. The fourth-order valence-corrected chi connectivity index (χ4v) is 2.38. The van der Waals surface area contributed by atoms with Gasteiger partial charge in [0.25, 0.3) is 0 Å². The van der Waals surface area contributed by atoms with Crippen LogP contribution in [0.1, 0.15) is 6.92 Å². The van der Waals surface area contributed by atoms with Gasteiger partial charge in [-0.15, -0.1) is 0 Å². The molecule has 5 heteroatoms. The summed E-state index contributed by atoms with van der Waals surface area (Å²) in [6.07, 6.45) is 5.23. The number of rotatable bonds is 3. The smallest absolute Gasteiger partial charge is 0.229 e. The molecule has 0 aliphatic rings. The van der Waals surface area contributed by atoms with Crippen LogP contribution in [0.5, 0.6) is 0 Å². The lowest BCUT2D eigenvalue weighted by Crippen LogP contribution is -2.23. The van der Waals surface area contributed by atoms with Crippen molar-refractivity contribution < 1.29 is 4.79 Å². The molecule has 1 N–H and O–H groups in total. The summed E-state index contributed by atoms with van der Waals surface area (Å²) in [7, 11) is 1.83. The molecule has 3 aromatic rings. The average Bonchev–Trinajstić information content (AvgIpc) is 2.55. The van der Waals surface area contributed by atoms with E-state index in [9.17, 15) is 4.79 Å². The van der Waals surface area contributed by atoms with Crippen molar-refractivity contribution >= 4 is 33.9 Å². The molecule has 0 radical (unpaired) electrons. The first-order chi connectivity index (χ1) is 10.7. The molecular weight excluding hydrogens is 276 g/mol. The summed E-state index contributed by atoms with van der Waals surface area (Å²) in [5.41, 5.74) is 1.69. The van der Waals surface area contributed by atoms with Gasteiger partial charge in [-0.2, -0.15) is 0 Å². The maximum atomic E-state index is 12.1. The van der Waals surface area contributed by atoms with Crippen molar-refractivity contribution in [1.29, 1.82) is 0 Å². The first kappa shape index (κ1) is 14.0. The fourth-order valence-electron chi connectivity index (χ4n) is 2.38. The zero-order valence-corrected chi connectivity index (χ0v) is 12.4. The number of carbonyl (C=O) groups is 1. The number of fused-ring (bicyclic) bond motifs is 1. The molecule has 0 saturated heterocycles. The summed E-state index contributed by atoms with van der Waals surface area (Å²) in [6, 6.07) is 11.4. The summed E-state index contributed by atoms with van der Waals surface area (Å²) >= 11 is 0. The monoisotopic (exact) mass is 292 g/mol. The Labute approximate surface area is 128 Å². The van der Waals surface area contributed by atoms with E-state index in [2.05, 4.69) is 15.3 Å². The Morgan fingerprint density at radius 1 is 1.09 bits per heavy atom. The summed E-state index contributed by atoms with van der Waals surface area (Å²) in [4.78, 5) is 22.2. The fraction of sp³-hybridized carbons (Fsp3) is 0.118. The van der Waals surface area contributed by atoms with Gasteiger partial charge >= 0.3 is 0 Å². The predicted octanol–water partition coefficient (Wildman–Crippen LogP) is 3.36. The second kappa shape index (κ2) is 5.81. The normalized spacial score (nSPS) is 10.5. The van der Waals surface area contributed by atoms with Gasteiger partial charge < -0.3 is 5.32 Å². The number of pyridine rings is 2. The topological polar surface area (TPSA) is 58.1 Å². The summed E-state index contributed by atoms with van der Waals surface area (Å²) in [5, 5.41) is 5.12. The van der Waals surface area contributed by atoms with Crippen LogP contribution in [0.2, 0.25) is 0 Å². The number of anilines is 3. The maximum Gasteiger partial charge on any atom is 0.229 e. The molecule has 2 aromatic heterocycles. The van der Waals surface area contributed by atoms with Crippen molar-refractivity contribution in [1.82, 2.24) is 9.97 Å². The first-order valence-corrected chi connectivity index (χ1v) is 6.97. The largest absolute Gasteiger partial charge is 0.388 e. The van der Waals surface area contributed by atoms with Gasteiger partial charge in [0.05, 0.1) is 5.69 Å². The van der Waals surface area contributed by atoms with Crippen LogP contribution in [-0.4, -0.2) is 22.9 Å². The Bertz CT molecular complexity index is 832. The van der Waals surface area contributed by atoms with Gasteiger partial charge in [-0.05, 0) is 29.7 Å². The third-order valence-electron chi connectivity index (χ3n) is 3.46. The minimum atomic E-state index is -0.0887. The summed E-state index contributed by atoms with van der Waals surface area (Å²) in [6.45, 7) is 1.53. The molecule has 2 heterocycles. The second-order valence-corrected chi connectivity index (χ2v) is 4.91. The highest BCUT2D eigenvalue weighted by Gasteiger charge is 2.16. The van der Waals surface area contributed by atoms with Crippen LogP contribution >= 0.6 is 0 Å². The molecule has 22 heavy (non-hydrogen) atoms. The second-order valence-electron chi connectivity index (χ2n) is 4.91. The lowest BCUT2D eigenvalue weighted by Gasteiger charge is -2.21. The molecule has 0 spiro atoms. The van der Waals surface area contributed by atoms with Gasteiger partial charge in [0.15, 0.2) is 0 Å². The van der Waals surface area contributed by atoms with Gasteiger partial charge in [-0.25, -0.2) is 4.98 Å². The van der Waals surface area contributed by atoms with Crippen LogP contribution in [0.4, 0.5) is 17.2 Å². The highest BCUT2D eigenvalue weighted by atomic mass is 16.2. The van der Waals surface area contributed by atoms with Crippen LogP contribution in [0.25, 0.3) is 10.8 Å². The van der Waals surface area contributed by atoms with E-state index in [0.717, 1.165) is 22.1 Å². The minimum Gasteiger partial charge on any atom is -0.388 e. The Kier molecular flexibility index (Phi) is 3.70. The van der Waals surface area contributed by atoms with Crippen molar-refractivity contribution in [2.24, 2.45) is 0 Å². The van der Waals surface area contributed by atoms with Crippen LogP contribution in [0, 0.1) is 0 Å². The minimum absolute atomic E-state index is 0.0887. The standard InChI is InChI=1S/C17H16N4O/c1-12(22)21(17-10-15(18-2)6-8-20-17)16-4-3-14-11-19-7-5-13(14)9-16/h3-11H,1-2H3,(H,18,20). The van der Waals surface area contributed by atoms with Crippen LogP contribution in [0.15, 0.2) is 55.0 Å². The molecule has 0 bridgehead atoms. The summed E-state index contributed by atoms with van der Waals surface area (Å²) < 4.78 is 0. The average molecular weight is 292 g/mol. The molecule has 3 rings (SSSR count). The predicted molar refractivity (Wildman–Crippen MR) is 88.3 cm³/mol. The van der Waals surface area contributed by atoms with E-state index >= 15 is 0 Å². The molecule has 0 aliphatic heterocycles. The van der Waals surface area contributed by atoms with E-state index in [4.69, 9.17) is 0 Å². The molecule has 0 saturated carbocycles. The van der Waals surface area contributed by atoms with Gasteiger partial charge in [0.2, 0.25) is 5.91 Å². The van der Waals surface area contributed by atoms with E-state index in [1.165, 1.54) is 6.92 Å². The van der Waals surface area contributed by atoms with E-state index in [0.29, 0.717) is 5.82 Å². The van der Waals surface area contributed by atoms with Gasteiger partial charge in [0, 0.05) is 49.7 Å². The number of nitrogens with zero attached hydrogens (tertiary/aromatic N) is 3. The lowest BCUT2D eigenvalue weighted by molar-refractivity contribution is -0.115. The van der Waals surface area contributed by atoms with E-state index in [-0.39, 0.29) is 5.91 Å². The number of benzene rings is 1. The highest BCUT2D eigenvalue weighted by molar-refractivity contribution is 6.00. The third-order valence-corrected chi connectivity index (χ3v) is 3.46. The number of aromatic nitrogens is 2. The van der Waals surface area contributed by atoms with E-state index in [1.807, 2.05) is 43.4 Å². The number of hydrogen-bond acceptors (Lipinski definition) is 4. The van der Waals surface area contributed by atoms with Crippen molar-refractivity contribution in [3.8, 4) is 0 Å². The van der Waals surface area contributed by atoms with Gasteiger partial charge in [0.1, 0.15) is 5.82 Å². The third kappa shape index (κ3) is 2.61. The van der Waals surface area contributed by atoms with Crippen LogP contribution in [-0.2, 0) is 4.79 Å². The Hall–Kier alpha value is -2.95. The first-order valence-electron chi connectivity index (χ1n) is 6.97. The zero-order valence-electron chi connectivity index (χ0n) is 12.4. The van der Waals surface area contributed by atoms with Gasteiger partial charge in [-0.3, -0.25) is 14.7 Å². The highest BCUT2D eigenvalue weighted by Crippen LogP contribution is 2.28. The molecule has 110 valence electrons. The SMILES string of the molecule is CNc1ccnc(N(C(C)=O)c2ccc3cnccc3c2)c1. The maximum absolute atomic E-state index is 12.1. The Morgan fingerprint density at radius 3 is 2.73 bits per heavy atom. The molecule has 0 fully saturated rings. The van der Waals surface area contributed by atoms with Crippen molar-refractivity contribution in [2.45, 2.75) is 6.92 Å². The Morgan fingerprint density at radius 2 is 1.95 bits per heavy atom. The number of nitrogens with one attached hydrogen (secondary N) is 1. The van der Waals surface area contributed by atoms with Crippen molar-refractivity contribution in [3.05, 3.63) is 55.0 Å². The molecular formula is C17H16N4O. The molecule has 5 nitrogen and oxygen atoms in total. The van der Waals surface area contributed by atoms with Crippen molar-refractivity contribution in [3.63, 3.8) is 0 Å². The Balaban J connectivity index is 2.11. The number of hydrogen-bond donors (Lipinski definition) is 1. The molecule has 1 amide bonds. The molecule has 1 aromatic carbocycles. The quantitative estimate of drug-likeness (QED) is 0.804. The molecule has 0 atom stereocenters. The van der Waals surface area contributed by atoms with E-state index in [1.54, 1.807) is 23.5 Å².